The van der Waals surface area contributed by atoms with Gasteiger partial charge in [-0.1, -0.05) is 24.6 Å². The molecule has 6 heteroatoms. The fraction of sp³-hybridized carbons (Fsp3) is 0.435. The van der Waals surface area contributed by atoms with Crippen LogP contribution < -0.4 is 5.73 Å². The molecule has 154 valence electrons. The van der Waals surface area contributed by atoms with Crippen LogP contribution in [0.2, 0.25) is 5.02 Å². The van der Waals surface area contributed by atoms with E-state index in [9.17, 15) is 13.6 Å². The van der Waals surface area contributed by atoms with Crippen molar-refractivity contribution in [2.75, 3.05) is 13.1 Å². The van der Waals surface area contributed by atoms with Crippen LogP contribution in [0.25, 0.3) is 0 Å². The summed E-state index contributed by atoms with van der Waals surface area (Å²) in [7, 11) is 0. The maximum absolute atomic E-state index is 13.7. The van der Waals surface area contributed by atoms with Crippen LogP contribution in [0, 0.1) is 11.6 Å². The number of halogens is 3. The van der Waals surface area contributed by atoms with Gasteiger partial charge in [0.05, 0.1) is 0 Å². The molecular formula is C23H25ClF2N2O. The molecule has 0 aromatic heterocycles. The number of aryl methyl sites for hydroxylation is 1. The Hall–Kier alpha value is -1.98. The highest BCUT2D eigenvalue weighted by molar-refractivity contribution is 6.30. The minimum atomic E-state index is -0.855. The quantitative estimate of drug-likeness (QED) is 0.794. The standard InChI is InChI=1S/C23H25ClF2N2O/c1-13-12-28(7-6-14-2-4-16(24)9-18(13)14)23(29)11-22(27)17-5-3-15-8-20(25)21(26)10-19(15)17/h2,4,8-10,13,17,22H,3,5-7,11-12,27H2,1H3. The SMILES string of the molecule is CC1CN(C(=O)CC(N)C2CCc3cc(F)c(F)cc32)CCc2ccc(Cl)cc21. The van der Waals surface area contributed by atoms with E-state index in [1.807, 2.05) is 23.1 Å². The van der Waals surface area contributed by atoms with E-state index in [0.717, 1.165) is 17.5 Å². The van der Waals surface area contributed by atoms with Crippen LogP contribution in [0.15, 0.2) is 30.3 Å². The molecule has 1 amide bonds. The van der Waals surface area contributed by atoms with Crippen molar-refractivity contribution in [2.45, 2.75) is 50.5 Å². The first-order valence-corrected chi connectivity index (χ1v) is 10.5. The summed E-state index contributed by atoms with van der Waals surface area (Å²) in [6.07, 6.45) is 2.37. The van der Waals surface area contributed by atoms with Crippen LogP contribution in [0.1, 0.15) is 53.9 Å². The van der Waals surface area contributed by atoms with E-state index >= 15 is 0 Å². The molecule has 0 spiro atoms. The zero-order valence-electron chi connectivity index (χ0n) is 16.4. The number of nitrogens with zero attached hydrogens (tertiary/aromatic N) is 1. The number of fused-ring (bicyclic) bond motifs is 2. The Bertz CT molecular complexity index is 949. The van der Waals surface area contributed by atoms with Crippen molar-refractivity contribution in [3.63, 3.8) is 0 Å². The van der Waals surface area contributed by atoms with Gasteiger partial charge in [0, 0.05) is 36.5 Å². The van der Waals surface area contributed by atoms with Crippen LogP contribution in [-0.4, -0.2) is 29.9 Å². The summed E-state index contributed by atoms with van der Waals surface area (Å²) in [6.45, 7) is 3.37. The molecule has 1 aliphatic carbocycles. The number of carbonyl (C=O) groups is 1. The number of hydrogen-bond acceptors (Lipinski definition) is 2. The molecule has 29 heavy (non-hydrogen) atoms. The predicted octanol–water partition coefficient (Wildman–Crippen LogP) is 4.55. The number of nitrogens with two attached hydrogens (primary N) is 1. The molecule has 0 saturated heterocycles. The zero-order chi connectivity index (χ0) is 20.7. The molecule has 2 aromatic rings. The lowest BCUT2D eigenvalue weighted by Crippen LogP contribution is -2.39. The Kier molecular flexibility index (Phi) is 5.63. The molecule has 3 atom stereocenters. The maximum Gasteiger partial charge on any atom is 0.224 e. The molecule has 1 heterocycles. The second-order valence-electron chi connectivity index (χ2n) is 8.31. The Labute approximate surface area is 174 Å². The fourth-order valence-corrected chi connectivity index (χ4v) is 4.98. The van der Waals surface area contributed by atoms with E-state index in [4.69, 9.17) is 17.3 Å². The molecule has 0 fully saturated rings. The van der Waals surface area contributed by atoms with Crippen molar-refractivity contribution in [1.29, 1.82) is 0 Å². The fourth-order valence-electron chi connectivity index (χ4n) is 4.80. The monoisotopic (exact) mass is 418 g/mol. The number of hydrogen-bond donors (Lipinski definition) is 1. The van der Waals surface area contributed by atoms with Gasteiger partial charge in [-0.15, -0.1) is 0 Å². The minimum absolute atomic E-state index is 0.0132. The molecule has 2 aliphatic rings. The highest BCUT2D eigenvalue weighted by atomic mass is 35.5. The topological polar surface area (TPSA) is 46.3 Å². The lowest BCUT2D eigenvalue weighted by atomic mass is 9.91. The molecule has 2 aromatic carbocycles. The number of rotatable bonds is 3. The van der Waals surface area contributed by atoms with Gasteiger partial charge in [-0.2, -0.15) is 0 Å². The van der Waals surface area contributed by atoms with Crippen molar-refractivity contribution < 1.29 is 13.6 Å². The van der Waals surface area contributed by atoms with Crippen LogP contribution in [0.5, 0.6) is 0 Å². The third-order valence-electron chi connectivity index (χ3n) is 6.37. The molecule has 4 rings (SSSR count). The van der Waals surface area contributed by atoms with Gasteiger partial charge in [0.2, 0.25) is 5.91 Å². The average Bonchev–Trinajstić information content (AvgIpc) is 3.00. The molecule has 2 N–H and O–H groups in total. The van der Waals surface area contributed by atoms with Crippen LogP contribution in [0.3, 0.4) is 0 Å². The summed E-state index contributed by atoms with van der Waals surface area (Å²) in [4.78, 5) is 14.9. The summed E-state index contributed by atoms with van der Waals surface area (Å²) in [5, 5.41) is 0.709. The van der Waals surface area contributed by atoms with Crippen LogP contribution in [0.4, 0.5) is 8.78 Å². The second-order valence-corrected chi connectivity index (χ2v) is 8.75. The van der Waals surface area contributed by atoms with Crippen molar-refractivity contribution in [1.82, 2.24) is 4.90 Å². The predicted molar refractivity (Wildman–Crippen MR) is 110 cm³/mol. The Morgan fingerprint density at radius 2 is 1.93 bits per heavy atom. The third-order valence-corrected chi connectivity index (χ3v) is 6.61. The first-order valence-electron chi connectivity index (χ1n) is 10.1. The minimum Gasteiger partial charge on any atom is -0.342 e. The average molecular weight is 419 g/mol. The van der Waals surface area contributed by atoms with Crippen molar-refractivity contribution >= 4 is 17.5 Å². The van der Waals surface area contributed by atoms with E-state index in [2.05, 4.69) is 6.92 Å². The van der Waals surface area contributed by atoms with E-state index < -0.39 is 17.7 Å². The van der Waals surface area contributed by atoms with Crippen molar-refractivity contribution in [2.24, 2.45) is 5.73 Å². The van der Waals surface area contributed by atoms with Crippen LogP contribution >= 0.6 is 11.6 Å². The summed E-state index contributed by atoms with van der Waals surface area (Å²) in [5.41, 5.74) is 10.4. The Balaban J connectivity index is 1.45. The first kappa shape index (κ1) is 20.3. The van der Waals surface area contributed by atoms with E-state index in [1.54, 1.807) is 0 Å². The van der Waals surface area contributed by atoms with E-state index in [0.29, 0.717) is 31.0 Å². The van der Waals surface area contributed by atoms with Gasteiger partial charge in [-0.25, -0.2) is 8.78 Å². The summed E-state index contributed by atoms with van der Waals surface area (Å²) >= 11 is 6.15. The van der Waals surface area contributed by atoms with E-state index in [-0.39, 0.29) is 24.2 Å². The highest BCUT2D eigenvalue weighted by Crippen LogP contribution is 2.37. The molecule has 1 aliphatic heterocycles. The highest BCUT2D eigenvalue weighted by Gasteiger charge is 2.32. The zero-order valence-corrected chi connectivity index (χ0v) is 17.2. The Morgan fingerprint density at radius 1 is 1.17 bits per heavy atom. The third kappa shape index (κ3) is 4.03. The largest absolute Gasteiger partial charge is 0.342 e. The summed E-state index contributed by atoms with van der Waals surface area (Å²) < 4.78 is 27.2. The van der Waals surface area contributed by atoms with E-state index in [1.165, 1.54) is 23.3 Å². The molecular weight excluding hydrogens is 394 g/mol. The van der Waals surface area contributed by atoms with Gasteiger partial charge in [0.1, 0.15) is 0 Å². The molecule has 3 nitrogen and oxygen atoms in total. The molecule has 0 saturated carbocycles. The van der Waals surface area contributed by atoms with Crippen molar-refractivity contribution in [3.05, 3.63) is 69.2 Å². The maximum atomic E-state index is 13.7. The van der Waals surface area contributed by atoms with Gasteiger partial charge < -0.3 is 10.6 Å². The first-order chi connectivity index (χ1) is 13.8. The van der Waals surface area contributed by atoms with Crippen LogP contribution in [-0.2, 0) is 17.6 Å². The smallest absolute Gasteiger partial charge is 0.224 e. The molecule has 0 bridgehead atoms. The normalized spacial score (nSPS) is 22.0. The van der Waals surface area contributed by atoms with Crippen molar-refractivity contribution in [3.8, 4) is 0 Å². The lowest BCUT2D eigenvalue weighted by molar-refractivity contribution is -0.131. The lowest BCUT2D eigenvalue weighted by Gasteiger charge is -2.27. The van der Waals surface area contributed by atoms with Gasteiger partial charge in [-0.05, 0) is 71.7 Å². The number of amides is 1. The second kappa shape index (κ2) is 8.04. The molecule has 0 radical (unpaired) electrons. The summed E-state index contributed by atoms with van der Waals surface area (Å²) in [5.74, 6) is -1.60. The number of carbonyl (C=O) groups excluding carboxylic acids is 1. The number of benzene rings is 2. The van der Waals surface area contributed by atoms with Gasteiger partial charge in [0.25, 0.3) is 0 Å². The van der Waals surface area contributed by atoms with Gasteiger partial charge in [-0.3, -0.25) is 4.79 Å². The Morgan fingerprint density at radius 3 is 2.72 bits per heavy atom. The molecule has 3 unspecified atom stereocenters. The van der Waals surface area contributed by atoms with Gasteiger partial charge in [0.15, 0.2) is 11.6 Å². The summed E-state index contributed by atoms with van der Waals surface area (Å²) in [6, 6.07) is 8.02. The van der Waals surface area contributed by atoms with Gasteiger partial charge >= 0.3 is 0 Å².